The highest BCUT2D eigenvalue weighted by atomic mass is 35.5. The first kappa shape index (κ1) is 7.81. The Morgan fingerprint density at radius 1 is 1.09 bits per heavy atom. The van der Waals surface area contributed by atoms with Crippen LogP contribution in [0.4, 0.5) is 11.4 Å². The van der Waals surface area contributed by atoms with Crippen molar-refractivity contribution in [3.05, 3.63) is 11.1 Å². The molecule has 0 atom stereocenters. The quantitative estimate of drug-likeness (QED) is 0.267. The Kier molecular flexibility index (Phi) is 1.70. The molecule has 0 saturated heterocycles. The summed E-state index contributed by atoms with van der Waals surface area (Å²) in [7, 11) is 0. The fourth-order valence-electron chi connectivity index (χ4n) is 0.655. The lowest BCUT2D eigenvalue weighted by Crippen LogP contribution is -1.93. The fraction of sp³-hybridized carbons (Fsp3) is 0. The van der Waals surface area contributed by atoms with Gasteiger partial charge in [-0.1, -0.05) is 11.6 Å². The number of halogens is 1. The van der Waals surface area contributed by atoms with E-state index in [2.05, 4.69) is 0 Å². The van der Waals surface area contributed by atoms with Gasteiger partial charge in [-0.15, -0.1) is 0 Å². The number of anilines is 2. The number of benzene rings is 1. The maximum absolute atomic E-state index is 8.98. The molecule has 0 fully saturated rings. The van der Waals surface area contributed by atoms with Crippen molar-refractivity contribution >= 4 is 23.0 Å². The molecule has 0 heterocycles. The minimum atomic E-state index is -0.276. The molecule has 0 aliphatic carbocycles. The minimum Gasteiger partial charge on any atom is -0.506 e. The molecule has 11 heavy (non-hydrogen) atoms. The summed E-state index contributed by atoms with van der Waals surface area (Å²) in [5.74, 6) is -0.552. The van der Waals surface area contributed by atoms with Gasteiger partial charge < -0.3 is 21.7 Å². The second-order valence-corrected chi connectivity index (χ2v) is 2.43. The van der Waals surface area contributed by atoms with Crippen LogP contribution in [0, 0.1) is 0 Å². The van der Waals surface area contributed by atoms with Crippen molar-refractivity contribution in [3.8, 4) is 11.5 Å². The fourth-order valence-corrected chi connectivity index (χ4v) is 0.849. The number of phenolic OH excluding ortho intramolecular Hbond substituents is 2. The van der Waals surface area contributed by atoms with E-state index in [0.29, 0.717) is 0 Å². The van der Waals surface area contributed by atoms with E-state index >= 15 is 0 Å². The number of hydrogen-bond donors (Lipinski definition) is 4. The van der Waals surface area contributed by atoms with Crippen molar-refractivity contribution in [3.63, 3.8) is 0 Å². The van der Waals surface area contributed by atoms with E-state index in [9.17, 15) is 0 Å². The first-order valence-corrected chi connectivity index (χ1v) is 3.17. The standard InChI is InChI=1S/C6H7ClN2O2/c7-4-5(8)2(10)1-3(11)6(4)9/h1,10-11H,8-9H2. The number of nitrogens with two attached hydrogens (primary N) is 2. The van der Waals surface area contributed by atoms with Crippen molar-refractivity contribution in [1.29, 1.82) is 0 Å². The van der Waals surface area contributed by atoms with Gasteiger partial charge in [-0.3, -0.25) is 0 Å². The largest absolute Gasteiger partial charge is 0.506 e. The maximum Gasteiger partial charge on any atom is 0.143 e. The normalized spacial score (nSPS) is 9.91. The molecule has 0 aliphatic heterocycles. The molecule has 4 nitrogen and oxygen atoms in total. The van der Waals surface area contributed by atoms with E-state index in [1.807, 2.05) is 0 Å². The lowest BCUT2D eigenvalue weighted by molar-refractivity contribution is 0.454. The number of aromatic hydroxyl groups is 2. The summed E-state index contributed by atoms with van der Waals surface area (Å²) >= 11 is 5.52. The lowest BCUT2D eigenvalue weighted by atomic mass is 10.2. The summed E-state index contributed by atoms with van der Waals surface area (Å²) in [6.07, 6.45) is 0. The molecule has 1 aromatic rings. The highest BCUT2D eigenvalue weighted by Gasteiger charge is 2.10. The molecule has 0 aromatic heterocycles. The summed E-state index contributed by atoms with van der Waals surface area (Å²) in [5.41, 5.74) is 10.5. The van der Waals surface area contributed by atoms with Gasteiger partial charge in [0.15, 0.2) is 0 Å². The predicted octanol–water partition coefficient (Wildman–Crippen LogP) is 0.916. The van der Waals surface area contributed by atoms with Crippen LogP contribution in [-0.2, 0) is 0 Å². The SMILES string of the molecule is Nc1c(O)cc(O)c(N)c1Cl. The monoisotopic (exact) mass is 174 g/mol. The number of phenols is 2. The highest BCUT2D eigenvalue weighted by molar-refractivity contribution is 6.36. The summed E-state index contributed by atoms with van der Waals surface area (Å²) in [4.78, 5) is 0. The van der Waals surface area contributed by atoms with Crippen LogP contribution in [0.3, 0.4) is 0 Å². The molecule has 5 heteroatoms. The second-order valence-electron chi connectivity index (χ2n) is 2.06. The Hall–Kier alpha value is -1.29. The zero-order valence-corrected chi connectivity index (χ0v) is 6.26. The Morgan fingerprint density at radius 2 is 1.45 bits per heavy atom. The summed E-state index contributed by atoms with van der Waals surface area (Å²) in [6, 6.07) is 1.04. The van der Waals surface area contributed by atoms with Gasteiger partial charge in [-0.05, 0) is 0 Å². The average molecular weight is 175 g/mol. The lowest BCUT2D eigenvalue weighted by Gasteiger charge is -2.05. The average Bonchev–Trinajstić information content (AvgIpc) is 1.97. The zero-order valence-electron chi connectivity index (χ0n) is 5.50. The molecule has 60 valence electrons. The molecule has 6 N–H and O–H groups in total. The van der Waals surface area contributed by atoms with Crippen LogP contribution in [0.1, 0.15) is 0 Å². The minimum absolute atomic E-state index is 0.0255. The molecule has 0 aliphatic rings. The summed E-state index contributed by atoms with van der Waals surface area (Å²) in [6.45, 7) is 0. The van der Waals surface area contributed by atoms with Crippen molar-refractivity contribution < 1.29 is 10.2 Å². The Balaban J connectivity index is 3.46. The van der Waals surface area contributed by atoms with E-state index in [1.165, 1.54) is 0 Å². The van der Waals surface area contributed by atoms with Crippen LogP contribution in [0.2, 0.25) is 5.02 Å². The summed E-state index contributed by atoms with van der Waals surface area (Å²) < 4.78 is 0. The molecule has 0 saturated carbocycles. The molecule has 0 radical (unpaired) electrons. The third-order valence-corrected chi connectivity index (χ3v) is 1.71. The molecule has 0 amide bonds. The van der Waals surface area contributed by atoms with Crippen LogP contribution in [0.25, 0.3) is 0 Å². The van der Waals surface area contributed by atoms with E-state index < -0.39 is 0 Å². The van der Waals surface area contributed by atoms with Crippen LogP contribution in [0.15, 0.2) is 6.07 Å². The molecular formula is C6H7ClN2O2. The van der Waals surface area contributed by atoms with Gasteiger partial charge in [0.25, 0.3) is 0 Å². The number of hydrogen-bond acceptors (Lipinski definition) is 4. The van der Waals surface area contributed by atoms with E-state index in [0.717, 1.165) is 6.07 Å². The molecule has 0 spiro atoms. The van der Waals surface area contributed by atoms with Crippen LogP contribution in [-0.4, -0.2) is 10.2 Å². The zero-order chi connectivity index (χ0) is 8.59. The second kappa shape index (κ2) is 2.39. The van der Waals surface area contributed by atoms with Crippen molar-refractivity contribution in [2.45, 2.75) is 0 Å². The van der Waals surface area contributed by atoms with Gasteiger partial charge in [0.2, 0.25) is 0 Å². The van der Waals surface area contributed by atoms with Gasteiger partial charge in [0, 0.05) is 6.07 Å². The summed E-state index contributed by atoms with van der Waals surface area (Å²) in [5, 5.41) is 17.9. The third-order valence-electron chi connectivity index (χ3n) is 1.30. The Bertz CT molecular complexity index is 275. The molecular weight excluding hydrogens is 168 g/mol. The van der Waals surface area contributed by atoms with E-state index in [1.54, 1.807) is 0 Å². The van der Waals surface area contributed by atoms with Gasteiger partial charge in [-0.2, -0.15) is 0 Å². The van der Waals surface area contributed by atoms with Gasteiger partial charge >= 0.3 is 0 Å². The van der Waals surface area contributed by atoms with Crippen molar-refractivity contribution in [2.24, 2.45) is 0 Å². The molecule has 1 aromatic carbocycles. The molecule has 0 unspecified atom stereocenters. The maximum atomic E-state index is 8.98. The van der Waals surface area contributed by atoms with Gasteiger partial charge in [-0.25, -0.2) is 0 Å². The first-order chi connectivity index (χ1) is 5.04. The van der Waals surface area contributed by atoms with E-state index in [4.69, 9.17) is 33.3 Å². The predicted molar refractivity (Wildman–Crippen MR) is 43.6 cm³/mol. The van der Waals surface area contributed by atoms with Gasteiger partial charge in [0.05, 0.1) is 16.4 Å². The van der Waals surface area contributed by atoms with Crippen molar-refractivity contribution in [2.75, 3.05) is 11.5 Å². The molecule has 0 bridgehead atoms. The third kappa shape index (κ3) is 1.12. The Labute approximate surface area is 68.0 Å². The van der Waals surface area contributed by atoms with Gasteiger partial charge in [0.1, 0.15) is 11.5 Å². The van der Waals surface area contributed by atoms with E-state index in [-0.39, 0.29) is 27.9 Å². The highest BCUT2D eigenvalue weighted by Crippen LogP contribution is 2.39. The van der Waals surface area contributed by atoms with Crippen LogP contribution >= 0.6 is 11.6 Å². The first-order valence-electron chi connectivity index (χ1n) is 2.79. The van der Waals surface area contributed by atoms with Crippen LogP contribution in [0.5, 0.6) is 11.5 Å². The molecule has 1 rings (SSSR count). The van der Waals surface area contributed by atoms with Crippen LogP contribution < -0.4 is 11.5 Å². The Morgan fingerprint density at radius 3 is 1.82 bits per heavy atom. The number of nitrogen functional groups attached to an aromatic ring is 2. The topological polar surface area (TPSA) is 92.5 Å². The smallest absolute Gasteiger partial charge is 0.143 e. The number of rotatable bonds is 0. The van der Waals surface area contributed by atoms with Crippen molar-refractivity contribution in [1.82, 2.24) is 0 Å².